The van der Waals surface area contributed by atoms with Crippen molar-refractivity contribution in [2.45, 2.75) is 13.3 Å². The Balaban J connectivity index is 1.50. The third kappa shape index (κ3) is 7.02. The zero-order chi connectivity index (χ0) is 27.8. The molecule has 2 aromatic heterocycles. The van der Waals surface area contributed by atoms with Crippen molar-refractivity contribution >= 4 is 57.1 Å². The molecule has 0 radical (unpaired) electrons. The van der Waals surface area contributed by atoms with E-state index in [1.165, 1.54) is 11.3 Å². The Morgan fingerprint density at radius 1 is 1.23 bits per heavy atom. The van der Waals surface area contributed by atoms with Gasteiger partial charge in [0.15, 0.2) is 5.17 Å². The summed E-state index contributed by atoms with van der Waals surface area (Å²) < 4.78 is 12.0. The Hall–Kier alpha value is -3.74. The normalized spacial score (nSPS) is 14.1. The summed E-state index contributed by atoms with van der Waals surface area (Å²) in [6, 6.07) is 9.46. The van der Waals surface area contributed by atoms with Gasteiger partial charge in [-0.15, -0.1) is 11.3 Å². The highest BCUT2D eigenvalue weighted by Gasteiger charge is 2.31. The van der Waals surface area contributed by atoms with Crippen molar-refractivity contribution in [3.8, 4) is 11.1 Å². The average Bonchev–Trinajstić information content (AvgIpc) is 3.62. The zero-order valence-electron chi connectivity index (χ0n) is 21.9. The zero-order valence-corrected chi connectivity index (χ0v) is 23.5. The van der Waals surface area contributed by atoms with Crippen LogP contribution in [-0.2, 0) is 26.1 Å². The van der Waals surface area contributed by atoms with Crippen molar-refractivity contribution in [3.05, 3.63) is 64.9 Å². The van der Waals surface area contributed by atoms with Gasteiger partial charge in [-0.3, -0.25) is 19.2 Å². The van der Waals surface area contributed by atoms with E-state index in [1.54, 1.807) is 49.1 Å². The van der Waals surface area contributed by atoms with E-state index in [9.17, 15) is 14.4 Å². The Kier molecular flexibility index (Phi) is 9.69. The number of thiophene rings is 1. The van der Waals surface area contributed by atoms with Gasteiger partial charge in [-0.05, 0) is 25.0 Å². The molecule has 0 atom stereocenters. The molecule has 4 rings (SSSR count). The number of aromatic nitrogens is 2. The smallest absolute Gasteiger partial charge is 0.341 e. The van der Waals surface area contributed by atoms with Crippen LogP contribution in [0, 0.1) is 0 Å². The van der Waals surface area contributed by atoms with Crippen molar-refractivity contribution in [1.82, 2.24) is 14.7 Å². The molecule has 2 amide bonds. The highest BCUT2D eigenvalue weighted by atomic mass is 32.2. The second-order valence-corrected chi connectivity index (χ2v) is 10.3. The van der Waals surface area contributed by atoms with Crippen LogP contribution in [0.25, 0.3) is 17.2 Å². The number of methoxy groups -OCH3 is 1. The predicted molar refractivity (Wildman–Crippen MR) is 154 cm³/mol. The lowest BCUT2D eigenvalue weighted by Gasteiger charge is -2.17. The van der Waals surface area contributed by atoms with Crippen LogP contribution < -0.4 is 5.32 Å². The second kappa shape index (κ2) is 13.4. The van der Waals surface area contributed by atoms with Gasteiger partial charge in [-0.2, -0.15) is 5.10 Å². The number of ether oxygens (including phenoxy) is 2. The summed E-state index contributed by atoms with van der Waals surface area (Å²) in [5.74, 6) is -1.08. The number of hydrogen-bond donors (Lipinski definition) is 1. The van der Waals surface area contributed by atoms with Crippen LogP contribution in [0.1, 0.15) is 29.3 Å². The van der Waals surface area contributed by atoms with Crippen molar-refractivity contribution in [2.75, 3.05) is 37.9 Å². The molecule has 0 saturated heterocycles. The number of esters is 1. The number of nitrogens with zero attached hydrogens (tertiary/aromatic N) is 4. The second-order valence-electron chi connectivity index (χ2n) is 8.45. The molecule has 0 fully saturated rings. The SMILES string of the molecule is CCOC(=O)c1c(-c2ccccc2)csc1NC(=O)CSC1=NC(=Cc2cnn(C)c2)C(=O)N1CCCOC. The maximum atomic E-state index is 13.1. The monoisotopic (exact) mass is 567 g/mol. The largest absolute Gasteiger partial charge is 0.462 e. The fraction of sp³-hybridized carbons (Fsp3) is 0.296. The molecule has 1 aromatic carbocycles. The van der Waals surface area contributed by atoms with E-state index in [2.05, 4.69) is 15.4 Å². The van der Waals surface area contributed by atoms with Gasteiger partial charge in [-0.25, -0.2) is 9.79 Å². The van der Waals surface area contributed by atoms with Gasteiger partial charge in [0.05, 0.1) is 18.6 Å². The summed E-state index contributed by atoms with van der Waals surface area (Å²) in [5.41, 5.74) is 2.90. The number of hydrogen-bond acceptors (Lipinski definition) is 9. The maximum absolute atomic E-state index is 13.1. The lowest BCUT2D eigenvalue weighted by atomic mass is 10.0. The van der Waals surface area contributed by atoms with E-state index >= 15 is 0 Å². The Labute approximate surface area is 234 Å². The number of anilines is 1. The van der Waals surface area contributed by atoms with Crippen molar-refractivity contribution in [3.63, 3.8) is 0 Å². The number of aryl methyl sites for hydroxylation is 1. The number of benzene rings is 1. The summed E-state index contributed by atoms with van der Waals surface area (Å²) in [7, 11) is 3.40. The number of carbonyl (C=O) groups excluding carboxylic acids is 3. The molecule has 1 aliphatic rings. The van der Waals surface area contributed by atoms with Crippen LogP contribution in [0.2, 0.25) is 0 Å². The van der Waals surface area contributed by atoms with E-state index in [-0.39, 0.29) is 29.9 Å². The predicted octanol–water partition coefficient (Wildman–Crippen LogP) is 4.27. The van der Waals surface area contributed by atoms with Gasteiger partial charge in [0.2, 0.25) is 5.91 Å². The van der Waals surface area contributed by atoms with Crippen LogP contribution in [0.3, 0.4) is 0 Å². The summed E-state index contributed by atoms with van der Waals surface area (Å²) in [5, 5.41) is 9.65. The Morgan fingerprint density at radius 3 is 2.72 bits per heavy atom. The van der Waals surface area contributed by atoms with Gasteiger partial charge in [0, 0.05) is 50.0 Å². The van der Waals surface area contributed by atoms with Crippen molar-refractivity contribution < 1.29 is 23.9 Å². The third-order valence-corrected chi connectivity index (χ3v) is 7.48. The first-order valence-electron chi connectivity index (χ1n) is 12.3. The third-order valence-electron chi connectivity index (χ3n) is 5.61. The Bertz CT molecular complexity index is 1400. The van der Waals surface area contributed by atoms with Gasteiger partial charge in [0.1, 0.15) is 16.3 Å². The standard InChI is InChI=1S/C27H29N5O5S2/c1-4-37-26(35)23-20(19-9-6-5-7-10-19)16-38-24(23)30-22(33)17-39-27-29-21(13-18-14-28-31(2)15-18)25(34)32(27)11-8-12-36-3/h5-7,9-10,13-16H,4,8,11-12,17H2,1-3H3,(H,30,33). The molecule has 39 heavy (non-hydrogen) atoms. The highest BCUT2D eigenvalue weighted by Crippen LogP contribution is 2.36. The van der Waals surface area contributed by atoms with E-state index < -0.39 is 5.97 Å². The van der Waals surface area contributed by atoms with Crippen LogP contribution in [0.4, 0.5) is 5.00 Å². The maximum Gasteiger partial charge on any atom is 0.341 e. The van der Waals surface area contributed by atoms with E-state index in [0.717, 1.165) is 22.9 Å². The first-order chi connectivity index (χ1) is 18.9. The number of nitrogens with one attached hydrogen (secondary N) is 1. The molecule has 0 bridgehead atoms. The minimum Gasteiger partial charge on any atom is -0.462 e. The average molecular weight is 568 g/mol. The summed E-state index contributed by atoms with van der Waals surface area (Å²) >= 11 is 2.42. The van der Waals surface area contributed by atoms with Crippen molar-refractivity contribution in [1.29, 1.82) is 0 Å². The lowest BCUT2D eigenvalue weighted by molar-refractivity contribution is -0.122. The molecular weight excluding hydrogens is 538 g/mol. The van der Waals surface area contributed by atoms with Gasteiger partial charge in [0.25, 0.3) is 5.91 Å². The number of amidine groups is 1. The van der Waals surface area contributed by atoms with E-state index in [0.29, 0.717) is 40.9 Å². The van der Waals surface area contributed by atoms with E-state index in [4.69, 9.17) is 9.47 Å². The topological polar surface area (TPSA) is 115 Å². The van der Waals surface area contributed by atoms with Gasteiger partial charge in [-0.1, -0.05) is 42.1 Å². The molecule has 1 N–H and O–H groups in total. The molecule has 0 spiro atoms. The number of aliphatic imine (C=N–C) groups is 1. The quantitative estimate of drug-likeness (QED) is 0.209. The van der Waals surface area contributed by atoms with Crippen LogP contribution >= 0.6 is 23.1 Å². The van der Waals surface area contributed by atoms with Gasteiger partial charge >= 0.3 is 5.97 Å². The molecule has 0 unspecified atom stereocenters. The number of amides is 2. The molecule has 3 aromatic rings. The minimum atomic E-state index is -0.499. The fourth-order valence-electron chi connectivity index (χ4n) is 3.86. The van der Waals surface area contributed by atoms with Gasteiger partial charge < -0.3 is 14.8 Å². The van der Waals surface area contributed by atoms with Crippen molar-refractivity contribution in [2.24, 2.45) is 12.0 Å². The molecule has 1 aliphatic heterocycles. The molecule has 12 heteroatoms. The summed E-state index contributed by atoms with van der Waals surface area (Å²) in [6.07, 6.45) is 5.73. The van der Waals surface area contributed by atoms with Crippen LogP contribution in [-0.4, -0.2) is 70.3 Å². The fourth-order valence-corrected chi connectivity index (χ4v) is 5.65. The molecular formula is C27H29N5O5S2. The molecule has 204 valence electrons. The summed E-state index contributed by atoms with van der Waals surface area (Å²) in [4.78, 5) is 45.0. The first-order valence-corrected chi connectivity index (χ1v) is 14.1. The first kappa shape index (κ1) is 28.3. The highest BCUT2D eigenvalue weighted by molar-refractivity contribution is 8.14. The lowest BCUT2D eigenvalue weighted by Crippen LogP contribution is -2.32. The Morgan fingerprint density at radius 2 is 2.03 bits per heavy atom. The number of thioether (sulfide) groups is 1. The number of rotatable bonds is 11. The molecule has 0 aliphatic carbocycles. The minimum absolute atomic E-state index is 0.00605. The van der Waals surface area contributed by atoms with E-state index in [1.807, 2.05) is 35.7 Å². The molecule has 0 saturated carbocycles. The number of carbonyl (C=O) groups is 3. The summed E-state index contributed by atoms with van der Waals surface area (Å²) in [6.45, 7) is 2.85. The van der Waals surface area contributed by atoms with Crippen LogP contribution in [0.5, 0.6) is 0 Å². The molecule has 10 nitrogen and oxygen atoms in total. The molecule has 3 heterocycles. The van der Waals surface area contributed by atoms with Crippen LogP contribution in [0.15, 0.2) is 58.8 Å².